The van der Waals surface area contributed by atoms with Crippen LogP contribution in [0.3, 0.4) is 0 Å². The van der Waals surface area contributed by atoms with Gasteiger partial charge in [0.05, 0.1) is 10.6 Å². The smallest absolute Gasteiger partial charge is 0.257 e. The molecule has 0 saturated carbocycles. The highest BCUT2D eigenvalue weighted by Gasteiger charge is 2.16. The number of carbonyl (C=O) groups is 1. The Morgan fingerprint density at radius 3 is 2.45 bits per heavy atom. The first kappa shape index (κ1) is 22.9. The van der Waals surface area contributed by atoms with Crippen molar-refractivity contribution in [1.29, 1.82) is 0 Å². The third-order valence-corrected chi connectivity index (χ3v) is 5.56. The standard InChI is InChI=1S/C25H21ClFN3O2S/c1-25(2,3)15-6-4-14(5-7-15)22(31)30-24(33)28-17-9-11-21-20(13-17)29-23(32-21)18-10-8-16(27)12-19(18)26/h4-13H,1-3H3,(H2,28,30,31,33). The molecule has 0 aliphatic carbocycles. The predicted molar refractivity (Wildman–Crippen MR) is 133 cm³/mol. The van der Waals surface area contributed by atoms with Gasteiger partial charge in [-0.15, -0.1) is 0 Å². The highest BCUT2D eigenvalue weighted by Crippen LogP contribution is 2.31. The number of benzene rings is 3. The first-order valence-electron chi connectivity index (χ1n) is 10.2. The van der Waals surface area contributed by atoms with E-state index in [0.717, 1.165) is 5.56 Å². The van der Waals surface area contributed by atoms with Crippen LogP contribution in [0.15, 0.2) is 65.1 Å². The van der Waals surface area contributed by atoms with Crippen molar-refractivity contribution in [3.05, 3.63) is 82.6 Å². The molecule has 2 N–H and O–H groups in total. The molecule has 0 spiro atoms. The average Bonchev–Trinajstić information content (AvgIpc) is 3.16. The topological polar surface area (TPSA) is 67.2 Å². The number of fused-ring (bicyclic) bond motifs is 1. The number of anilines is 1. The van der Waals surface area contributed by atoms with Crippen LogP contribution in [0.2, 0.25) is 5.02 Å². The van der Waals surface area contributed by atoms with Crippen molar-refractivity contribution in [2.45, 2.75) is 26.2 Å². The van der Waals surface area contributed by atoms with Crippen LogP contribution in [0, 0.1) is 5.82 Å². The minimum atomic E-state index is -0.438. The largest absolute Gasteiger partial charge is 0.436 e. The molecular weight excluding hydrogens is 461 g/mol. The summed E-state index contributed by atoms with van der Waals surface area (Å²) in [4.78, 5) is 17.0. The Morgan fingerprint density at radius 2 is 1.79 bits per heavy atom. The first-order valence-corrected chi connectivity index (χ1v) is 11.0. The molecule has 1 heterocycles. The van der Waals surface area contributed by atoms with Gasteiger partial charge in [0.25, 0.3) is 5.91 Å². The molecule has 3 aromatic carbocycles. The summed E-state index contributed by atoms with van der Waals surface area (Å²) >= 11 is 11.4. The molecule has 0 aliphatic rings. The zero-order chi connectivity index (χ0) is 23.8. The van der Waals surface area contributed by atoms with E-state index in [1.807, 2.05) is 12.1 Å². The lowest BCUT2D eigenvalue weighted by Crippen LogP contribution is -2.34. The second kappa shape index (κ2) is 8.92. The quantitative estimate of drug-likeness (QED) is 0.318. The fraction of sp³-hybridized carbons (Fsp3) is 0.160. The SMILES string of the molecule is CC(C)(C)c1ccc(C(=O)NC(=S)Nc2ccc3oc(-c4ccc(F)cc4Cl)nc3c2)cc1. The van der Waals surface area contributed by atoms with Gasteiger partial charge < -0.3 is 9.73 Å². The van der Waals surface area contributed by atoms with Gasteiger partial charge in [-0.25, -0.2) is 9.37 Å². The summed E-state index contributed by atoms with van der Waals surface area (Å²) in [7, 11) is 0. The number of nitrogens with zero attached hydrogens (tertiary/aromatic N) is 1. The van der Waals surface area contributed by atoms with Crippen molar-refractivity contribution in [2.75, 3.05) is 5.32 Å². The van der Waals surface area contributed by atoms with Crippen LogP contribution in [0.1, 0.15) is 36.7 Å². The van der Waals surface area contributed by atoms with E-state index in [2.05, 4.69) is 36.4 Å². The van der Waals surface area contributed by atoms with Gasteiger partial charge in [-0.3, -0.25) is 10.1 Å². The van der Waals surface area contributed by atoms with Crippen molar-refractivity contribution in [2.24, 2.45) is 0 Å². The van der Waals surface area contributed by atoms with Gasteiger partial charge in [0, 0.05) is 11.3 Å². The summed E-state index contributed by atoms with van der Waals surface area (Å²) in [5, 5.41) is 6.02. The number of nitrogens with one attached hydrogen (secondary N) is 2. The molecule has 0 saturated heterocycles. The number of carbonyl (C=O) groups excluding carboxylic acids is 1. The summed E-state index contributed by atoms with van der Waals surface area (Å²) in [6.45, 7) is 6.35. The van der Waals surface area contributed by atoms with E-state index >= 15 is 0 Å². The summed E-state index contributed by atoms with van der Waals surface area (Å²) in [5.74, 6) is -0.461. The highest BCUT2D eigenvalue weighted by atomic mass is 35.5. The summed E-state index contributed by atoms with van der Waals surface area (Å²) in [6.07, 6.45) is 0. The van der Waals surface area contributed by atoms with Gasteiger partial charge >= 0.3 is 0 Å². The Hall–Kier alpha value is -3.29. The molecule has 1 amide bonds. The van der Waals surface area contributed by atoms with E-state index in [1.165, 1.54) is 18.2 Å². The average molecular weight is 482 g/mol. The number of oxazole rings is 1. The number of rotatable bonds is 3. The van der Waals surface area contributed by atoms with E-state index < -0.39 is 5.82 Å². The van der Waals surface area contributed by atoms with Crippen LogP contribution in [0.25, 0.3) is 22.6 Å². The third kappa shape index (κ3) is 5.21. The summed E-state index contributed by atoms with van der Waals surface area (Å²) in [6, 6.07) is 16.7. The van der Waals surface area contributed by atoms with Gasteiger partial charge in [-0.1, -0.05) is 44.5 Å². The van der Waals surface area contributed by atoms with Gasteiger partial charge in [0.1, 0.15) is 11.3 Å². The van der Waals surface area contributed by atoms with Gasteiger partial charge in [-0.2, -0.15) is 0 Å². The van der Waals surface area contributed by atoms with Crippen LogP contribution < -0.4 is 10.6 Å². The van der Waals surface area contributed by atoms with Crippen LogP contribution in [0.4, 0.5) is 10.1 Å². The summed E-state index contributed by atoms with van der Waals surface area (Å²) < 4.78 is 19.1. The molecule has 0 unspecified atom stereocenters. The zero-order valence-corrected chi connectivity index (χ0v) is 19.8. The van der Waals surface area contributed by atoms with E-state index in [-0.39, 0.29) is 27.3 Å². The Kier molecular flexibility index (Phi) is 6.19. The van der Waals surface area contributed by atoms with E-state index in [9.17, 15) is 9.18 Å². The first-order chi connectivity index (χ1) is 15.6. The van der Waals surface area contributed by atoms with Crippen molar-refractivity contribution in [3.63, 3.8) is 0 Å². The van der Waals surface area contributed by atoms with Gasteiger partial charge in [0.2, 0.25) is 5.89 Å². The number of hydrogen-bond acceptors (Lipinski definition) is 4. The van der Waals surface area contributed by atoms with E-state index in [4.69, 9.17) is 28.2 Å². The lowest BCUT2D eigenvalue weighted by Gasteiger charge is -2.19. The lowest BCUT2D eigenvalue weighted by atomic mass is 9.87. The fourth-order valence-corrected chi connectivity index (χ4v) is 3.70. The minimum Gasteiger partial charge on any atom is -0.436 e. The van der Waals surface area contributed by atoms with Gasteiger partial charge in [0.15, 0.2) is 10.7 Å². The monoisotopic (exact) mass is 481 g/mol. The maximum Gasteiger partial charge on any atom is 0.257 e. The molecule has 4 aromatic rings. The Balaban J connectivity index is 1.46. The normalized spacial score (nSPS) is 11.4. The van der Waals surface area contributed by atoms with E-state index in [0.29, 0.717) is 27.9 Å². The van der Waals surface area contributed by atoms with Crippen molar-refractivity contribution in [1.82, 2.24) is 10.3 Å². The van der Waals surface area contributed by atoms with Crippen LogP contribution in [0.5, 0.6) is 0 Å². The zero-order valence-electron chi connectivity index (χ0n) is 18.2. The molecule has 0 aliphatic heterocycles. The third-order valence-electron chi connectivity index (χ3n) is 5.05. The maximum absolute atomic E-state index is 13.3. The van der Waals surface area contributed by atoms with Crippen LogP contribution >= 0.6 is 23.8 Å². The van der Waals surface area contributed by atoms with Gasteiger partial charge in [-0.05, 0) is 71.7 Å². The summed E-state index contributed by atoms with van der Waals surface area (Å²) in [5.41, 5.74) is 3.87. The predicted octanol–water partition coefficient (Wildman–Crippen LogP) is 6.71. The molecule has 8 heteroatoms. The van der Waals surface area contributed by atoms with Crippen molar-refractivity contribution < 1.29 is 13.6 Å². The Labute approximate surface area is 201 Å². The lowest BCUT2D eigenvalue weighted by molar-refractivity contribution is 0.0977. The maximum atomic E-state index is 13.3. The molecule has 0 bridgehead atoms. The molecule has 168 valence electrons. The minimum absolute atomic E-state index is 0.00747. The number of hydrogen-bond donors (Lipinski definition) is 2. The number of thiocarbonyl (C=S) groups is 1. The molecule has 0 radical (unpaired) electrons. The van der Waals surface area contributed by atoms with Crippen molar-refractivity contribution >= 4 is 51.6 Å². The molecule has 5 nitrogen and oxygen atoms in total. The highest BCUT2D eigenvalue weighted by molar-refractivity contribution is 7.80. The number of amides is 1. The molecule has 4 rings (SSSR count). The number of aromatic nitrogens is 1. The van der Waals surface area contributed by atoms with Crippen LogP contribution in [-0.4, -0.2) is 16.0 Å². The van der Waals surface area contributed by atoms with E-state index in [1.54, 1.807) is 30.3 Å². The molecule has 0 atom stereocenters. The second-order valence-corrected chi connectivity index (χ2v) is 9.38. The molecular formula is C25H21ClFN3O2S. The van der Waals surface area contributed by atoms with Crippen LogP contribution in [-0.2, 0) is 5.41 Å². The second-order valence-electron chi connectivity index (χ2n) is 8.56. The molecule has 33 heavy (non-hydrogen) atoms. The Bertz CT molecular complexity index is 1360. The van der Waals surface area contributed by atoms with Crippen molar-refractivity contribution in [3.8, 4) is 11.5 Å². The molecule has 1 aromatic heterocycles. The molecule has 0 fully saturated rings. The Morgan fingerprint density at radius 1 is 1.06 bits per heavy atom. The number of halogens is 2. The fourth-order valence-electron chi connectivity index (χ4n) is 3.24.